The first kappa shape index (κ1) is 11.5. The number of carboxylic acids is 1. The number of carbonyl (C=O) groups is 1. The van der Waals surface area contributed by atoms with E-state index in [2.05, 4.69) is 0 Å². The first-order valence-electron chi connectivity index (χ1n) is 6.91. The largest absolute Gasteiger partial charge is 0.481 e. The fourth-order valence-corrected chi connectivity index (χ4v) is 5.31. The van der Waals surface area contributed by atoms with Crippen molar-refractivity contribution in [2.24, 2.45) is 28.9 Å². The molecular weight excluding hydrogens is 214 g/mol. The minimum Gasteiger partial charge on any atom is -0.481 e. The van der Waals surface area contributed by atoms with Crippen LogP contribution in [-0.2, 0) is 4.79 Å². The smallest absolute Gasteiger partial charge is 0.305 e. The Kier molecular flexibility index (Phi) is 2.35. The van der Waals surface area contributed by atoms with Crippen LogP contribution in [0.2, 0.25) is 0 Å². The van der Waals surface area contributed by atoms with Gasteiger partial charge in [-0.15, -0.1) is 0 Å². The summed E-state index contributed by atoms with van der Waals surface area (Å²) in [4.78, 5) is 11.0. The maximum atomic E-state index is 11.0. The highest BCUT2D eigenvalue weighted by atomic mass is 16.4. The van der Waals surface area contributed by atoms with E-state index in [1.807, 2.05) is 6.92 Å². The Balaban J connectivity index is 1.88. The van der Waals surface area contributed by atoms with Gasteiger partial charge in [0.2, 0.25) is 0 Å². The molecule has 3 N–H and O–H groups in total. The normalized spacial score (nSPS) is 46.8. The molecule has 4 fully saturated rings. The highest BCUT2D eigenvalue weighted by molar-refractivity contribution is 5.68. The van der Waals surface area contributed by atoms with Gasteiger partial charge in [-0.1, -0.05) is 0 Å². The van der Waals surface area contributed by atoms with Crippen LogP contribution in [0.5, 0.6) is 0 Å². The first-order valence-corrected chi connectivity index (χ1v) is 6.91. The molecule has 4 aliphatic rings. The summed E-state index contributed by atoms with van der Waals surface area (Å²) in [6, 6.07) is 0. The lowest BCUT2D eigenvalue weighted by Gasteiger charge is -2.62. The van der Waals surface area contributed by atoms with E-state index in [4.69, 9.17) is 10.8 Å². The van der Waals surface area contributed by atoms with Crippen molar-refractivity contribution in [1.82, 2.24) is 0 Å². The minimum absolute atomic E-state index is 0.124. The van der Waals surface area contributed by atoms with E-state index in [0.29, 0.717) is 0 Å². The van der Waals surface area contributed by atoms with Crippen LogP contribution < -0.4 is 5.73 Å². The second-order valence-corrected chi connectivity index (χ2v) is 7.19. The van der Waals surface area contributed by atoms with Gasteiger partial charge in [-0.25, -0.2) is 0 Å². The maximum Gasteiger partial charge on any atom is 0.305 e. The molecule has 3 nitrogen and oxygen atoms in total. The number of hydrogen-bond acceptors (Lipinski definition) is 2. The van der Waals surface area contributed by atoms with Crippen molar-refractivity contribution in [3.63, 3.8) is 0 Å². The van der Waals surface area contributed by atoms with E-state index in [1.165, 1.54) is 38.5 Å². The lowest BCUT2D eigenvalue weighted by atomic mass is 9.44. The predicted molar refractivity (Wildman–Crippen MR) is 65.5 cm³/mol. The third-order valence-corrected chi connectivity index (χ3v) is 5.77. The molecule has 3 heteroatoms. The topological polar surface area (TPSA) is 63.3 Å². The van der Waals surface area contributed by atoms with E-state index < -0.39 is 11.5 Å². The van der Waals surface area contributed by atoms with Crippen LogP contribution in [0, 0.1) is 23.2 Å². The van der Waals surface area contributed by atoms with Gasteiger partial charge < -0.3 is 10.8 Å². The molecule has 96 valence electrons. The van der Waals surface area contributed by atoms with Crippen molar-refractivity contribution in [3.8, 4) is 0 Å². The Bertz CT molecular complexity index is 313. The first-order chi connectivity index (χ1) is 7.90. The highest BCUT2D eigenvalue weighted by Gasteiger charge is 2.57. The predicted octanol–water partition coefficient (Wildman–Crippen LogP) is 2.39. The Labute approximate surface area is 103 Å². The molecule has 4 aliphatic carbocycles. The van der Waals surface area contributed by atoms with Crippen LogP contribution in [0.4, 0.5) is 0 Å². The Morgan fingerprint density at radius 2 is 1.65 bits per heavy atom. The van der Waals surface area contributed by atoms with Crippen molar-refractivity contribution >= 4 is 5.97 Å². The average molecular weight is 237 g/mol. The number of carboxylic acid groups (broad SMARTS) is 1. The third-order valence-electron chi connectivity index (χ3n) is 5.77. The lowest BCUT2D eigenvalue weighted by molar-refractivity contribution is -0.144. The summed E-state index contributed by atoms with van der Waals surface area (Å²) in [6.07, 6.45) is 7.80. The minimum atomic E-state index is -0.745. The summed E-state index contributed by atoms with van der Waals surface area (Å²) in [5.41, 5.74) is 6.04. The van der Waals surface area contributed by atoms with Crippen LogP contribution in [0.25, 0.3) is 0 Å². The Morgan fingerprint density at radius 3 is 2.00 bits per heavy atom. The molecule has 17 heavy (non-hydrogen) atoms. The quantitative estimate of drug-likeness (QED) is 0.792. The van der Waals surface area contributed by atoms with Gasteiger partial charge in [0.25, 0.3) is 0 Å². The van der Waals surface area contributed by atoms with Gasteiger partial charge in [0, 0.05) is 5.54 Å². The molecule has 0 amide bonds. The molecule has 4 saturated carbocycles. The van der Waals surface area contributed by atoms with Gasteiger partial charge in [0.05, 0.1) is 6.42 Å². The maximum absolute atomic E-state index is 11.0. The summed E-state index contributed by atoms with van der Waals surface area (Å²) in [5.74, 6) is 1.75. The number of aliphatic carboxylic acids is 1. The van der Waals surface area contributed by atoms with Crippen LogP contribution >= 0.6 is 0 Å². The average Bonchev–Trinajstić information content (AvgIpc) is 2.12. The van der Waals surface area contributed by atoms with Crippen molar-refractivity contribution in [3.05, 3.63) is 0 Å². The molecule has 4 rings (SSSR count). The second-order valence-electron chi connectivity index (χ2n) is 7.19. The van der Waals surface area contributed by atoms with Gasteiger partial charge >= 0.3 is 5.97 Å². The van der Waals surface area contributed by atoms with E-state index in [9.17, 15) is 4.79 Å². The molecule has 4 bridgehead atoms. The molecule has 1 atom stereocenters. The molecule has 0 aromatic rings. The van der Waals surface area contributed by atoms with E-state index >= 15 is 0 Å². The molecule has 0 radical (unpaired) electrons. The molecule has 0 aliphatic heterocycles. The van der Waals surface area contributed by atoms with Gasteiger partial charge in [-0.3, -0.25) is 4.79 Å². The van der Waals surface area contributed by atoms with E-state index in [0.717, 1.165) is 17.8 Å². The zero-order chi connectivity index (χ0) is 12.3. The monoisotopic (exact) mass is 237 g/mol. The van der Waals surface area contributed by atoms with Crippen LogP contribution in [0.1, 0.15) is 51.9 Å². The van der Waals surface area contributed by atoms with Crippen molar-refractivity contribution in [2.75, 3.05) is 0 Å². The molecule has 0 aromatic heterocycles. The van der Waals surface area contributed by atoms with Crippen molar-refractivity contribution in [1.29, 1.82) is 0 Å². The molecule has 1 unspecified atom stereocenters. The SMILES string of the molecule is CC(N)(CC(=O)O)C12CC3CC(CC(C3)C1)C2. The van der Waals surface area contributed by atoms with Crippen molar-refractivity contribution < 1.29 is 9.90 Å². The number of nitrogens with two attached hydrogens (primary N) is 1. The number of hydrogen-bond donors (Lipinski definition) is 2. The Hall–Kier alpha value is -0.570. The zero-order valence-corrected chi connectivity index (χ0v) is 10.6. The highest BCUT2D eigenvalue weighted by Crippen LogP contribution is 2.63. The van der Waals surface area contributed by atoms with Crippen LogP contribution in [0.15, 0.2) is 0 Å². The summed E-state index contributed by atoms with van der Waals surface area (Å²) >= 11 is 0. The number of rotatable bonds is 3. The molecule has 0 heterocycles. The summed E-state index contributed by atoms with van der Waals surface area (Å²) in [7, 11) is 0. The molecule has 0 aromatic carbocycles. The van der Waals surface area contributed by atoms with E-state index in [1.54, 1.807) is 0 Å². The van der Waals surface area contributed by atoms with Gasteiger partial charge in [0.1, 0.15) is 0 Å². The fourth-order valence-electron chi connectivity index (χ4n) is 5.31. The third kappa shape index (κ3) is 1.70. The second kappa shape index (κ2) is 3.47. The summed E-state index contributed by atoms with van der Waals surface area (Å²) in [6.45, 7) is 1.98. The lowest BCUT2D eigenvalue weighted by Crippen LogP contribution is -2.61. The van der Waals surface area contributed by atoms with Gasteiger partial charge in [0.15, 0.2) is 0 Å². The fraction of sp³-hybridized carbons (Fsp3) is 0.929. The standard InChI is InChI=1S/C14H23NO2/c1-13(15,8-12(16)17)14-5-9-2-10(6-14)4-11(3-9)7-14/h9-11H,2-8,15H2,1H3,(H,16,17). The van der Waals surface area contributed by atoms with Crippen LogP contribution in [0.3, 0.4) is 0 Å². The molecule has 0 spiro atoms. The van der Waals surface area contributed by atoms with Crippen molar-refractivity contribution in [2.45, 2.75) is 57.4 Å². The van der Waals surface area contributed by atoms with E-state index in [-0.39, 0.29) is 11.8 Å². The molecular formula is C14H23NO2. The zero-order valence-electron chi connectivity index (χ0n) is 10.6. The summed E-state index contributed by atoms with van der Waals surface area (Å²) in [5, 5.41) is 9.07. The van der Waals surface area contributed by atoms with Gasteiger partial charge in [-0.05, 0) is 68.6 Å². The van der Waals surface area contributed by atoms with Gasteiger partial charge in [-0.2, -0.15) is 0 Å². The Morgan fingerprint density at radius 1 is 1.24 bits per heavy atom. The molecule has 0 saturated heterocycles. The summed E-state index contributed by atoms with van der Waals surface area (Å²) < 4.78 is 0. The van der Waals surface area contributed by atoms with Crippen LogP contribution in [-0.4, -0.2) is 16.6 Å².